The second-order valence-electron chi connectivity index (χ2n) is 5.09. The normalized spacial score (nSPS) is 18.8. The van der Waals surface area contributed by atoms with Crippen molar-refractivity contribution in [2.75, 3.05) is 6.61 Å². The van der Waals surface area contributed by atoms with Gasteiger partial charge in [-0.05, 0) is 30.1 Å². The summed E-state index contributed by atoms with van der Waals surface area (Å²) in [6, 6.07) is 14.6. The third-order valence-electron chi connectivity index (χ3n) is 3.09. The minimum atomic E-state index is -0.240. The fourth-order valence-corrected chi connectivity index (χ4v) is 2.24. The van der Waals surface area contributed by atoms with Crippen molar-refractivity contribution in [3.8, 4) is 0 Å². The van der Waals surface area contributed by atoms with E-state index >= 15 is 0 Å². The van der Waals surface area contributed by atoms with Crippen molar-refractivity contribution in [1.82, 2.24) is 0 Å². The molecule has 1 fully saturated rings. The molecule has 1 aliphatic rings. The van der Waals surface area contributed by atoms with Gasteiger partial charge >= 0.3 is 7.12 Å². The Morgan fingerprint density at radius 3 is 2.59 bits per heavy atom. The van der Waals surface area contributed by atoms with Crippen LogP contribution in [-0.4, -0.2) is 19.3 Å². The van der Waals surface area contributed by atoms with E-state index in [2.05, 4.69) is 44.2 Å². The van der Waals surface area contributed by atoms with Crippen LogP contribution in [0.4, 0.5) is 0 Å². The Kier molecular flexibility index (Phi) is 2.46. The lowest BCUT2D eigenvalue weighted by molar-refractivity contribution is 0.137. The molecular formula is C14H15BO2. The molecule has 2 aromatic rings. The molecule has 0 aliphatic carbocycles. The van der Waals surface area contributed by atoms with E-state index in [1.165, 1.54) is 10.8 Å². The predicted octanol–water partition coefficient (Wildman–Crippen LogP) is 2.36. The number of hydrogen-bond acceptors (Lipinski definition) is 2. The van der Waals surface area contributed by atoms with E-state index in [9.17, 15) is 0 Å². The van der Waals surface area contributed by atoms with E-state index in [0.29, 0.717) is 6.61 Å². The Hall–Kier alpha value is -1.32. The molecule has 0 atom stereocenters. The van der Waals surface area contributed by atoms with E-state index in [1.54, 1.807) is 0 Å². The maximum atomic E-state index is 5.92. The molecule has 1 heterocycles. The Morgan fingerprint density at radius 1 is 1.06 bits per heavy atom. The second kappa shape index (κ2) is 3.86. The van der Waals surface area contributed by atoms with Gasteiger partial charge in [0.05, 0.1) is 12.2 Å². The number of fused-ring (bicyclic) bond motifs is 1. The van der Waals surface area contributed by atoms with Crippen molar-refractivity contribution in [3.63, 3.8) is 0 Å². The largest absolute Gasteiger partial charge is 0.495 e. The average molecular weight is 226 g/mol. The maximum absolute atomic E-state index is 5.92. The van der Waals surface area contributed by atoms with Crippen molar-refractivity contribution in [2.45, 2.75) is 19.4 Å². The summed E-state index contributed by atoms with van der Waals surface area (Å²) in [6.07, 6.45) is 0. The van der Waals surface area contributed by atoms with E-state index in [4.69, 9.17) is 9.31 Å². The highest BCUT2D eigenvalue weighted by Gasteiger charge is 2.38. The first kappa shape index (κ1) is 10.8. The summed E-state index contributed by atoms with van der Waals surface area (Å²) < 4.78 is 11.7. The molecule has 0 unspecified atom stereocenters. The molecule has 1 saturated heterocycles. The van der Waals surface area contributed by atoms with Crippen molar-refractivity contribution in [3.05, 3.63) is 42.5 Å². The maximum Gasteiger partial charge on any atom is 0.495 e. The van der Waals surface area contributed by atoms with Crippen LogP contribution in [0.3, 0.4) is 0 Å². The molecule has 0 bridgehead atoms. The lowest BCUT2D eigenvalue weighted by Gasteiger charge is -2.16. The van der Waals surface area contributed by atoms with Gasteiger partial charge < -0.3 is 9.31 Å². The molecule has 0 N–H and O–H groups in total. The Morgan fingerprint density at radius 2 is 1.82 bits per heavy atom. The van der Waals surface area contributed by atoms with Crippen LogP contribution < -0.4 is 5.46 Å². The molecule has 2 nitrogen and oxygen atoms in total. The van der Waals surface area contributed by atoms with Crippen LogP contribution >= 0.6 is 0 Å². The van der Waals surface area contributed by atoms with Crippen LogP contribution in [0, 0.1) is 0 Å². The van der Waals surface area contributed by atoms with Crippen LogP contribution in [0.1, 0.15) is 13.8 Å². The molecule has 3 heteroatoms. The summed E-state index contributed by atoms with van der Waals surface area (Å²) in [5.41, 5.74) is 0.926. The predicted molar refractivity (Wildman–Crippen MR) is 70.5 cm³/mol. The lowest BCUT2D eigenvalue weighted by Crippen LogP contribution is -2.34. The molecule has 1 aliphatic heterocycles. The summed E-state index contributed by atoms with van der Waals surface area (Å²) in [4.78, 5) is 0. The third kappa shape index (κ3) is 1.96. The zero-order valence-corrected chi connectivity index (χ0v) is 10.1. The van der Waals surface area contributed by atoms with Crippen molar-refractivity contribution >= 4 is 23.4 Å². The van der Waals surface area contributed by atoms with Crippen molar-refractivity contribution < 1.29 is 9.31 Å². The topological polar surface area (TPSA) is 18.5 Å². The van der Waals surface area contributed by atoms with E-state index in [0.717, 1.165) is 5.46 Å². The van der Waals surface area contributed by atoms with Gasteiger partial charge in [0.2, 0.25) is 0 Å². The van der Waals surface area contributed by atoms with E-state index < -0.39 is 0 Å². The van der Waals surface area contributed by atoms with Gasteiger partial charge in [-0.15, -0.1) is 0 Å². The molecule has 0 amide bonds. The first-order valence-electron chi connectivity index (χ1n) is 5.93. The van der Waals surface area contributed by atoms with Gasteiger partial charge in [0.15, 0.2) is 0 Å². The molecule has 17 heavy (non-hydrogen) atoms. The third-order valence-corrected chi connectivity index (χ3v) is 3.09. The summed E-state index contributed by atoms with van der Waals surface area (Å²) in [7, 11) is -0.240. The Bertz CT molecular complexity index is 545. The molecule has 0 radical (unpaired) electrons. The van der Waals surface area contributed by atoms with Crippen LogP contribution in [-0.2, 0) is 9.31 Å². The summed E-state index contributed by atoms with van der Waals surface area (Å²) in [6.45, 7) is 4.75. The molecule has 0 saturated carbocycles. The summed E-state index contributed by atoms with van der Waals surface area (Å²) in [5.74, 6) is 0. The highest BCUT2D eigenvalue weighted by molar-refractivity contribution is 6.65. The molecule has 3 rings (SSSR count). The van der Waals surface area contributed by atoms with Crippen molar-refractivity contribution in [2.24, 2.45) is 0 Å². The minimum Gasteiger partial charge on any atom is -0.404 e. The molecular weight excluding hydrogens is 211 g/mol. The zero-order valence-electron chi connectivity index (χ0n) is 10.1. The molecule has 0 spiro atoms. The molecule has 86 valence electrons. The lowest BCUT2D eigenvalue weighted by atomic mass is 9.76. The standard InChI is InChI=1S/C14H15BO2/c1-14(2)10-16-15(17-14)13-9-5-7-11-6-3-4-8-12(11)13/h3-9H,10H2,1-2H3. The second-order valence-corrected chi connectivity index (χ2v) is 5.09. The van der Waals surface area contributed by atoms with Gasteiger partial charge in [-0.1, -0.05) is 42.5 Å². The zero-order chi connectivity index (χ0) is 11.9. The Balaban J connectivity index is 2.06. The van der Waals surface area contributed by atoms with Gasteiger partial charge in [0.25, 0.3) is 0 Å². The average Bonchev–Trinajstić information content (AvgIpc) is 2.69. The van der Waals surface area contributed by atoms with Gasteiger partial charge in [-0.3, -0.25) is 0 Å². The summed E-state index contributed by atoms with van der Waals surface area (Å²) >= 11 is 0. The quantitative estimate of drug-likeness (QED) is 0.695. The smallest absolute Gasteiger partial charge is 0.404 e. The van der Waals surface area contributed by atoms with Crippen molar-refractivity contribution in [1.29, 1.82) is 0 Å². The number of benzene rings is 2. The SMILES string of the molecule is CC1(C)COB(c2cccc3ccccc23)O1. The monoisotopic (exact) mass is 226 g/mol. The highest BCUT2D eigenvalue weighted by atomic mass is 16.7. The fourth-order valence-electron chi connectivity index (χ4n) is 2.24. The summed E-state index contributed by atoms with van der Waals surface area (Å²) in [5, 5.41) is 2.43. The number of rotatable bonds is 1. The minimum absolute atomic E-state index is 0.193. The van der Waals surface area contributed by atoms with Crippen LogP contribution in [0.5, 0.6) is 0 Å². The first-order chi connectivity index (χ1) is 8.16. The fraction of sp³-hybridized carbons (Fsp3) is 0.286. The van der Waals surface area contributed by atoms with Gasteiger partial charge in [-0.2, -0.15) is 0 Å². The Labute approximate surface area is 102 Å². The van der Waals surface area contributed by atoms with Crippen LogP contribution in [0.25, 0.3) is 10.8 Å². The highest BCUT2D eigenvalue weighted by Crippen LogP contribution is 2.21. The van der Waals surface area contributed by atoms with Crippen LogP contribution in [0.15, 0.2) is 42.5 Å². The number of hydrogen-bond donors (Lipinski definition) is 0. The van der Waals surface area contributed by atoms with Gasteiger partial charge in [0.1, 0.15) is 0 Å². The van der Waals surface area contributed by atoms with Crippen LogP contribution in [0.2, 0.25) is 0 Å². The first-order valence-corrected chi connectivity index (χ1v) is 5.93. The van der Waals surface area contributed by atoms with E-state index in [1.807, 2.05) is 12.1 Å². The van der Waals surface area contributed by atoms with E-state index in [-0.39, 0.29) is 12.7 Å². The molecule has 2 aromatic carbocycles. The van der Waals surface area contributed by atoms with Gasteiger partial charge in [-0.25, -0.2) is 0 Å². The molecule has 0 aromatic heterocycles. The van der Waals surface area contributed by atoms with Gasteiger partial charge in [0, 0.05) is 0 Å².